The summed E-state index contributed by atoms with van der Waals surface area (Å²) < 4.78 is 46.2. The van der Waals surface area contributed by atoms with Gasteiger partial charge in [0, 0.05) is 11.1 Å². The van der Waals surface area contributed by atoms with Gasteiger partial charge in [-0.1, -0.05) is 24.3 Å². The van der Waals surface area contributed by atoms with Crippen molar-refractivity contribution in [1.82, 2.24) is 4.98 Å². The molecule has 0 N–H and O–H groups in total. The zero-order valence-electron chi connectivity index (χ0n) is 11.8. The van der Waals surface area contributed by atoms with Crippen molar-refractivity contribution in [3.05, 3.63) is 76.4 Å². The van der Waals surface area contributed by atoms with Crippen LogP contribution in [0.5, 0.6) is 0 Å². The van der Waals surface area contributed by atoms with Gasteiger partial charge in [-0.3, -0.25) is 9.59 Å². The fraction of sp³-hybridized carbons (Fsp3) is 0. The molecule has 4 nitrogen and oxygen atoms in total. The highest BCUT2D eigenvalue weighted by molar-refractivity contribution is 6.26. The first kappa shape index (κ1) is 14.4. The van der Waals surface area contributed by atoms with Crippen LogP contribution < -0.4 is 0 Å². The van der Waals surface area contributed by atoms with E-state index in [4.69, 9.17) is 4.42 Å². The molecule has 0 amide bonds. The van der Waals surface area contributed by atoms with E-state index in [1.165, 1.54) is 12.1 Å². The Bertz CT molecular complexity index is 987. The Balaban J connectivity index is 1.95. The molecule has 0 radical (unpaired) electrons. The van der Waals surface area contributed by atoms with E-state index < -0.39 is 46.2 Å². The SMILES string of the molecule is O=C1c2ccccc2C(=O)c2oc(-c3c(F)ccc(F)c3F)nc21. The van der Waals surface area contributed by atoms with Gasteiger partial charge in [-0.15, -0.1) is 0 Å². The third kappa shape index (κ3) is 1.84. The van der Waals surface area contributed by atoms with E-state index in [0.717, 1.165) is 0 Å². The highest BCUT2D eigenvalue weighted by Crippen LogP contribution is 2.33. The zero-order valence-corrected chi connectivity index (χ0v) is 11.8. The normalized spacial score (nSPS) is 13.0. The zero-order chi connectivity index (χ0) is 17.0. The molecule has 0 fully saturated rings. The molecule has 118 valence electrons. The number of hydrogen-bond donors (Lipinski definition) is 0. The third-order valence-corrected chi connectivity index (χ3v) is 3.72. The molecule has 0 spiro atoms. The van der Waals surface area contributed by atoms with Crippen molar-refractivity contribution >= 4 is 11.6 Å². The Morgan fingerprint density at radius 2 is 1.46 bits per heavy atom. The molecule has 0 aliphatic heterocycles. The van der Waals surface area contributed by atoms with Gasteiger partial charge in [-0.05, 0) is 12.1 Å². The second-order valence-electron chi connectivity index (χ2n) is 5.12. The van der Waals surface area contributed by atoms with E-state index in [1.807, 2.05) is 0 Å². The van der Waals surface area contributed by atoms with Gasteiger partial charge in [0.1, 0.15) is 11.4 Å². The largest absolute Gasteiger partial charge is 0.432 e. The number of rotatable bonds is 1. The number of ketones is 2. The second-order valence-corrected chi connectivity index (χ2v) is 5.12. The lowest BCUT2D eigenvalue weighted by molar-refractivity contribution is 0.0959. The average molecular weight is 329 g/mol. The number of fused-ring (bicyclic) bond motifs is 2. The molecule has 0 atom stereocenters. The monoisotopic (exact) mass is 329 g/mol. The van der Waals surface area contributed by atoms with Crippen molar-refractivity contribution in [3.63, 3.8) is 0 Å². The minimum Gasteiger partial charge on any atom is -0.432 e. The molecular formula is C17H6F3NO3. The van der Waals surface area contributed by atoms with Crippen molar-refractivity contribution < 1.29 is 27.2 Å². The molecule has 24 heavy (non-hydrogen) atoms. The lowest BCUT2D eigenvalue weighted by Crippen LogP contribution is -2.19. The smallest absolute Gasteiger partial charge is 0.233 e. The molecule has 1 aromatic heterocycles. The molecule has 7 heteroatoms. The fourth-order valence-electron chi connectivity index (χ4n) is 2.59. The van der Waals surface area contributed by atoms with E-state index in [2.05, 4.69) is 4.98 Å². The Hall–Kier alpha value is -3.22. The molecule has 1 aliphatic carbocycles. The van der Waals surface area contributed by atoms with Gasteiger partial charge in [-0.2, -0.15) is 0 Å². The lowest BCUT2D eigenvalue weighted by atomic mass is 9.91. The summed E-state index contributed by atoms with van der Waals surface area (Å²) in [6.45, 7) is 0. The summed E-state index contributed by atoms with van der Waals surface area (Å²) >= 11 is 0. The van der Waals surface area contributed by atoms with E-state index in [1.54, 1.807) is 12.1 Å². The van der Waals surface area contributed by atoms with Crippen molar-refractivity contribution in [2.24, 2.45) is 0 Å². The molecule has 0 saturated carbocycles. The van der Waals surface area contributed by atoms with E-state index in [9.17, 15) is 22.8 Å². The topological polar surface area (TPSA) is 60.2 Å². The van der Waals surface area contributed by atoms with Crippen LogP contribution in [0.1, 0.15) is 32.2 Å². The first-order chi connectivity index (χ1) is 11.5. The van der Waals surface area contributed by atoms with Crippen LogP contribution in [0, 0.1) is 17.5 Å². The van der Waals surface area contributed by atoms with Crippen LogP contribution >= 0.6 is 0 Å². The summed E-state index contributed by atoms with van der Waals surface area (Å²) in [7, 11) is 0. The average Bonchev–Trinajstić information content (AvgIpc) is 3.02. The predicted molar refractivity (Wildman–Crippen MR) is 75.1 cm³/mol. The molecule has 1 heterocycles. The number of oxazole rings is 1. The van der Waals surface area contributed by atoms with Crippen molar-refractivity contribution in [2.45, 2.75) is 0 Å². The van der Waals surface area contributed by atoms with Gasteiger partial charge < -0.3 is 4.42 Å². The van der Waals surface area contributed by atoms with Crippen molar-refractivity contribution in [3.8, 4) is 11.5 Å². The van der Waals surface area contributed by atoms with Gasteiger partial charge in [0.2, 0.25) is 23.2 Å². The molecule has 0 saturated heterocycles. The number of benzene rings is 2. The number of aromatic nitrogens is 1. The van der Waals surface area contributed by atoms with E-state index in [0.29, 0.717) is 12.1 Å². The standard InChI is InChI=1S/C17H6F3NO3/c18-9-5-6-10(19)12(20)11(9)17-21-13-14(22)7-3-1-2-4-8(7)15(23)16(13)24-17/h1-6H. The molecule has 4 rings (SSSR count). The van der Waals surface area contributed by atoms with Crippen molar-refractivity contribution in [2.75, 3.05) is 0 Å². The molecule has 1 aliphatic rings. The summed E-state index contributed by atoms with van der Waals surface area (Å²) in [6.07, 6.45) is 0. The van der Waals surface area contributed by atoms with Gasteiger partial charge in [-0.25, -0.2) is 18.2 Å². The van der Waals surface area contributed by atoms with Crippen LogP contribution in [-0.4, -0.2) is 16.6 Å². The number of carbonyl (C=O) groups is 2. The third-order valence-electron chi connectivity index (χ3n) is 3.72. The number of carbonyl (C=O) groups excluding carboxylic acids is 2. The van der Waals surface area contributed by atoms with Crippen molar-refractivity contribution in [1.29, 1.82) is 0 Å². The van der Waals surface area contributed by atoms with Crippen LogP contribution in [-0.2, 0) is 0 Å². The van der Waals surface area contributed by atoms with Gasteiger partial charge >= 0.3 is 0 Å². The fourth-order valence-corrected chi connectivity index (χ4v) is 2.59. The maximum atomic E-state index is 13.9. The van der Waals surface area contributed by atoms with Crippen LogP contribution in [0.2, 0.25) is 0 Å². The molecule has 3 aromatic rings. The minimum atomic E-state index is -1.51. The van der Waals surface area contributed by atoms with Crippen LogP contribution in [0.15, 0.2) is 40.8 Å². The van der Waals surface area contributed by atoms with Crippen LogP contribution in [0.4, 0.5) is 13.2 Å². The summed E-state index contributed by atoms with van der Waals surface area (Å²) in [5.41, 5.74) is -0.987. The maximum absolute atomic E-state index is 13.9. The number of halogens is 3. The quantitative estimate of drug-likeness (QED) is 0.501. The van der Waals surface area contributed by atoms with Crippen LogP contribution in [0.3, 0.4) is 0 Å². The van der Waals surface area contributed by atoms with Gasteiger partial charge in [0.05, 0.1) is 0 Å². The first-order valence-corrected chi connectivity index (χ1v) is 6.82. The first-order valence-electron chi connectivity index (χ1n) is 6.82. The highest BCUT2D eigenvalue weighted by Gasteiger charge is 2.36. The summed E-state index contributed by atoms with van der Waals surface area (Å²) in [5, 5.41) is 0. The Morgan fingerprint density at radius 1 is 0.833 bits per heavy atom. The van der Waals surface area contributed by atoms with E-state index in [-0.39, 0.29) is 16.8 Å². The highest BCUT2D eigenvalue weighted by atomic mass is 19.2. The molecular weight excluding hydrogens is 323 g/mol. The van der Waals surface area contributed by atoms with Crippen LogP contribution in [0.25, 0.3) is 11.5 Å². The van der Waals surface area contributed by atoms with E-state index >= 15 is 0 Å². The number of hydrogen-bond acceptors (Lipinski definition) is 4. The summed E-state index contributed by atoms with van der Waals surface area (Å²) in [6, 6.07) is 7.33. The molecule has 2 aromatic carbocycles. The number of nitrogens with zero attached hydrogens (tertiary/aromatic N) is 1. The summed E-state index contributed by atoms with van der Waals surface area (Å²) in [4.78, 5) is 28.5. The maximum Gasteiger partial charge on any atom is 0.233 e. The van der Waals surface area contributed by atoms with Gasteiger partial charge in [0.15, 0.2) is 17.3 Å². The molecule has 0 unspecified atom stereocenters. The summed E-state index contributed by atoms with van der Waals surface area (Å²) in [5.74, 6) is -6.25. The van der Waals surface area contributed by atoms with Gasteiger partial charge in [0.25, 0.3) is 0 Å². The molecule has 0 bridgehead atoms. The lowest BCUT2D eigenvalue weighted by Gasteiger charge is -2.10. The Labute approximate surface area is 132 Å². The second kappa shape index (κ2) is 4.89. The Morgan fingerprint density at radius 3 is 2.17 bits per heavy atom. The Kier molecular flexibility index (Phi) is 2.93. The predicted octanol–water partition coefficient (Wildman–Crippen LogP) is 3.53. The minimum absolute atomic E-state index is 0.109.